The van der Waals surface area contributed by atoms with Crippen LogP contribution >= 0.6 is 0 Å². The van der Waals surface area contributed by atoms with Gasteiger partial charge in [0.2, 0.25) is 5.88 Å². The normalized spacial score (nSPS) is 9.95. The van der Waals surface area contributed by atoms with Crippen LogP contribution in [0.4, 0.5) is 0 Å². The van der Waals surface area contributed by atoms with Gasteiger partial charge in [-0.15, -0.1) is 0 Å². The highest BCUT2D eigenvalue weighted by molar-refractivity contribution is 5.94. The van der Waals surface area contributed by atoms with Crippen LogP contribution in [0.2, 0.25) is 0 Å². The van der Waals surface area contributed by atoms with Crippen molar-refractivity contribution < 1.29 is 14.6 Å². The number of ether oxygens (including phenoxy) is 1. The van der Waals surface area contributed by atoms with Crippen molar-refractivity contribution in [3.8, 4) is 11.6 Å². The minimum Gasteiger partial charge on any atom is -0.508 e. The second-order valence-corrected chi connectivity index (χ2v) is 3.94. The molecule has 1 amide bonds. The number of benzene rings is 1. The molecular weight excluding hydrogens is 244 g/mol. The van der Waals surface area contributed by atoms with E-state index in [0.29, 0.717) is 18.0 Å². The standard InChI is InChI=1S/C14H14N2O3/c1-19-13-8-10(6-7-15-13)9-16-14(18)11-2-4-12(17)5-3-11/h2-8,17H,9H2,1H3,(H,16,18). The van der Waals surface area contributed by atoms with Gasteiger partial charge in [-0.05, 0) is 35.9 Å². The number of aromatic nitrogens is 1. The molecule has 0 saturated heterocycles. The third kappa shape index (κ3) is 3.45. The van der Waals surface area contributed by atoms with Gasteiger partial charge in [-0.25, -0.2) is 4.98 Å². The molecule has 0 radical (unpaired) electrons. The summed E-state index contributed by atoms with van der Waals surface area (Å²) in [4.78, 5) is 15.8. The third-order valence-electron chi connectivity index (χ3n) is 2.59. The van der Waals surface area contributed by atoms with Gasteiger partial charge in [0.1, 0.15) is 5.75 Å². The lowest BCUT2D eigenvalue weighted by Gasteiger charge is -2.06. The predicted molar refractivity (Wildman–Crippen MR) is 70.1 cm³/mol. The molecule has 5 nitrogen and oxygen atoms in total. The number of methoxy groups -OCH3 is 1. The number of rotatable bonds is 4. The van der Waals surface area contributed by atoms with Crippen molar-refractivity contribution in [2.24, 2.45) is 0 Å². The number of pyridine rings is 1. The van der Waals surface area contributed by atoms with E-state index in [0.717, 1.165) is 5.56 Å². The summed E-state index contributed by atoms with van der Waals surface area (Å²) in [6, 6.07) is 9.65. The summed E-state index contributed by atoms with van der Waals surface area (Å²) in [5, 5.41) is 11.9. The van der Waals surface area contributed by atoms with Crippen LogP contribution in [0, 0.1) is 0 Å². The van der Waals surface area contributed by atoms with E-state index in [1.165, 1.54) is 12.1 Å². The zero-order chi connectivity index (χ0) is 13.7. The van der Waals surface area contributed by atoms with Crippen molar-refractivity contribution in [3.05, 3.63) is 53.7 Å². The molecule has 0 saturated carbocycles. The second kappa shape index (κ2) is 5.86. The van der Waals surface area contributed by atoms with Gasteiger partial charge in [-0.2, -0.15) is 0 Å². The van der Waals surface area contributed by atoms with E-state index in [9.17, 15) is 4.79 Å². The quantitative estimate of drug-likeness (QED) is 0.876. The Kier molecular flexibility index (Phi) is 3.97. The van der Waals surface area contributed by atoms with E-state index in [2.05, 4.69) is 10.3 Å². The van der Waals surface area contributed by atoms with Crippen molar-refractivity contribution in [1.82, 2.24) is 10.3 Å². The highest BCUT2D eigenvalue weighted by Crippen LogP contribution is 2.11. The van der Waals surface area contributed by atoms with Gasteiger partial charge in [-0.1, -0.05) is 0 Å². The molecule has 0 aliphatic heterocycles. The molecule has 0 bridgehead atoms. The fourth-order valence-electron chi connectivity index (χ4n) is 1.57. The Hall–Kier alpha value is -2.56. The number of phenolic OH excluding ortho intramolecular Hbond substituents is 1. The smallest absolute Gasteiger partial charge is 0.251 e. The highest BCUT2D eigenvalue weighted by atomic mass is 16.5. The molecule has 0 atom stereocenters. The summed E-state index contributed by atoms with van der Waals surface area (Å²) in [6.07, 6.45) is 1.63. The molecule has 5 heteroatoms. The molecule has 1 aromatic heterocycles. The Morgan fingerprint density at radius 3 is 2.74 bits per heavy atom. The van der Waals surface area contributed by atoms with Gasteiger partial charge in [0.25, 0.3) is 5.91 Å². The fraction of sp³-hybridized carbons (Fsp3) is 0.143. The molecule has 1 heterocycles. The molecule has 0 aliphatic carbocycles. The van der Waals surface area contributed by atoms with Crippen LogP contribution in [-0.4, -0.2) is 23.1 Å². The summed E-state index contributed by atoms with van der Waals surface area (Å²) in [6.45, 7) is 0.387. The van der Waals surface area contributed by atoms with Crippen molar-refractivity contribution in [2.75, 3.05) is 7.11 Å². The van der Waals surface area contributed by atoms with Gasteiger partial charge in [0.05, 0.1) is 7.11 Å². The summed E-state index contributed by atoms with van der Waals surface area (Å²) >= 11 is 0. The number of hydrogen-bond acceptors (Lipinski definition) is 4. The topological polar surface area (TPSA) is 71.5 Å². The Balaban J connectivity index is 1.98. The van der Waals surface area contributed by atoms with Gasteiger partial charge < -0.3 is 15.2 Å². The number of nitrogens with one attached hydrogen (secondary N) is 1. The van der Waals surface area contributed by atoms with Crippen LogP contribution in [0.3, 0.4) is 0 Å². The van der Waals surface area contributed by atoms with Crippen LogP contribution in [0.5, 0.6) is 11.6 Å². The number of carbonyl (C=O) groups is 1. The van der Waals surface area contributed by atoms with E-state index in [1.807, 2.05) is 0 Å². The average molecular weight is 258 g/mol. The maximum absolute atomic E-state index is 11.8. The molecule has 1 aromatic carbocycles. The van der Waals surface area contributed by atoms with E-state index in [4.69, 9.17) is 9.84 Å². The number of aromatic hydroxyl groups is 1. The third-order valence-corrected chi connectivity index (χ3v) is 2.59. The van der Waals surface area contributed by atoms with Gasteiger partial charge in [0, 0.05) is 24.4 Å². The Bertz CT molecular complexity index is 567. The first-order valence-corrected chi connectivity index (χ1v) is 5.75. The van der Waals surface area contributed by atoms with E-state index in [-0.39, 0.29) is 11.7 Å². The predicted octanol–water partition coefficient (Wildman–Crippen LogP) is 1.73. The zero-order valence-electron chi connectivity index (χ0n) is 10.5. The Morgan fingerprint density at radius 1 is 1.32 bits per heavy atom. The molecule has 0 spiro atoms. The zero-order valence-corrected chi connectivity index (χ0v) is 10.5. The minimum absolute atomic E-state index is 0.135. The van der Waals surface area contributed by atoms with Crippen molar-refractivity contribution in [3.63, 3.8) is 0 Å². The van der Waals surface area contributed by atoms with E-state index in [1.54, 1.807) is 37.6 Å². The maximum Gasteiger partial charge on any atom is 0.251 e. The minimum atomic E-state index is -0.198. The van der Waals surface area contributed by atoms with Crippen molar-refractivity contribution in [1.29, 1.82) is 0 Å². The second-order valence-electron chi connectivity index (χ2n) is 3.94. The molecule has 0 aliphatic rings. The number of hydrogen-bond donors (Lipinski definition) is 2. The molecule has 2 N–H and O–H groups in total. The number of carbonyl (C=O) groups excluding carboxylic acids is 1. The maximum atomic E-state index is 11.8. The molecule has 0 fully saturated rings. The van der Waals surface area contributed by atoms with Crippen molar-refractivity contribution in [2.45, 2.75) is 6.54 Å². The molecule has 2 aromatic rings. The average Bonchev–Trinajstić information content (AvgIpc) is 2.46. The summed E-state index contributed by atoms with van der Waals surface area (Å²) in [5.41, 5.74) is 1.40. The van der Waals surface area contributed by atoms with Gasteiger partial charge in [0.15, 0.2) is 0 Å². The largest absolute Gasteiger partial charge is 0.508 e. The molecule has 2 rings (SSSR count). The van der Waals surface area contributed by atoms with Crippen LogP contribution in [-0.2, 0) is 6.54 Å². The summed E-state index contributed by atoms with van der Waals surface area (Å²) in [5.74, 6) is 0.447. The fourth-order valence-corrected chi connectivity index (χ4v) is 1.57. The Morgan fingerprint density at radius 2 is 2.05 bits per heavy atom. The summed E-state index contributed by atoms with van der Waals surface area (Å²) < 4.78 is 5.01. The SMILES string of the molecule is COc1cc(CNC(=O)c2ccc(O)cc2)ccn1. The number of nitrogens with zero attached hydrogens (tertiary/aromatic N) is 1. The van der Waals surface area contributed by atoms with E-state index < -0.39 is 0 Å². The first-order chi connectivity index (χ1) is 9.19. The van der Waals surface area contributed by atoms with Crippen LogP contribution in [0.25, 0.3) is 0 Å². The first-order valence-electron chi connectivity index (χ1n) is 5.75. The van der Waals surface area contributed by atoms with Crippen LogP contribution in [0.15, 0.2) is 42.6 Å². The molecule has 0 unspecified atom stereocenters. The van der Waals surface area contributed by atoms with E-state index >= 15 is 0 Å². The van der Waals surface area contributed by atoms with Gasteiger partial charge >= 0.3 is 0 Å². The lowest BCUT2D eigenvalue weighted by Crippen LogP contribution is -2.22. The highest BCUT2D eigenvalue weighted by Gasteiger charge is 2.05. The monoisotopic (exact) mass is 258 g/mol. The van der Waals surface area contributed by atoms with Gasteiger partial charge in [-0.3, -0.25) is 4.79 Å². The number of phenols is 1. The van der Waals surface area contributed by atoms with Crippen molar-refractivity contribution >= 4 is 5.91 Å². The Labute approximate surface area is 110 Å². The first kappa shape index (κ1) is 12.9. The lowest BCUT2D eigenvalue weighted by molar-refractivity contribution is 0.0951. The number of amides is 1. The summed E-state index contributed by atoms with van der Waals surface area (Å²) in [7, 11) is 1.54. The molecular formula is C14H14N2O3. The van der Waals surface area contributed by atoms with Crippen LogP contribution in [0.1, 0.15) is 15.9 Å². The lowest BCUT2D eigenvalue weighted by atomic mass is 10.2. The van der Waals surface area contributed by atoms with Crippen LogP contribution < -0.4 is 10.1 Å². The molecule has 19 heavy (non-hydrogen) atoms. The molecule has 98 valence electrons.